The second-order valence-corrected chi connectivity index (χ2v) is 14.7. The van der Waals surface area contributed by atoms with Gasteiger partial charge in [-0.1, -0.05) is 78.4 Å². The third-order valence-electron chi connectivity index (χ3n) is 10.7. The summed E-state index contributed by atoms with van der Waals surface area (Å²) in [6, 6.07) is 28.1. The topological polar surface area (TPSA) is 104 Å². The summed E-state index contributed by atoms with van der Waals surface area (Å²) in [5, 5.41) is 11.6. The number of carbonyl (C=O) groups is 4. The van der Waals surface area contributed by atoms with Gasteiger partial charge >= 0.3 is 0 Å². The van der Waals surface area contributed by atoms with Crippen LogP contribution in [0.1, 0.15) is 35.4 Å². The Morgan fingerprint density at radius 1 is 0.804 bits per heavy atom. The molecule has 4 amide bonds. The number of likely N-dealkylation sites (tertiary alicyclic amines) is 1. The SMILES string of the molecule is O=C1C2CC=C3C(CC4(Cl)C(=O)N(c5ccc(F)cc5)C(=O)C4(Cl)C3c3ccc(OCc4ccccc4)cc3O)C2C(=O)N1Cc1ccccc1. The zero-order valence-electron chi connectivity index (χ0n) is 27.0. The Labute approximate surface area is 303 Å². The minimum atomic E-state index is -2.17. The summed E-state index contributed by atoms with van der Waals surface area (Å²) in [5.41, 5.74) is 2.52. The number of phenols is 1. The number of phenolic OH excluding ortho intramolecular Hbond substituents is 1. The Morgan fingerprint density at radius 2 is 1.47 bits per heavy atom. The molecule has 51 heavy (non-hydrogen) atoms. The molecule has 6 atom stereocenters. The van der Waals surface area contributed by atoms with Crippen molar-refractivity contribution in [2.24, 2.45) is 17.8 Å². The van der Waals surface area contributed by atoms with E-state index in [1.165, 1.54) is 23.1 Å². The van der Waals surface area contributed by atoms with E-state index >= 15 is 0 Å². The molecule has 3 fully saturated rings. The summed E-state index contributed by atoms with van der Waals surface area (Å²) in [4.78, 5) is 54.9. The normalized spacial score (nSPS) is 28.3. The Morgan fingerprint density at radius 3 is 2.14 bits per heavy atom. The van der Waals surface area contributed by atoms with Gasteiger partial charge in [0.15, 0.2) is 9.75 Å². The van der Waals surface area contributed by atoms with E-state index in [2.05, 4.69) is 0 Å². The summed E-state index contributed by atoms with van der Waals surface area (Å²) < 4.78 is 19.9. The van der Waals surface area contributed by atoms with Crippen LogP contribution in [0.5, 0.6) is 11.5 Å². The van der Waals surface area contributed by atoms with E-state index in [4.69, 9.17) is 27.9 Å². The second-order valence-electron chi connectivity index (χ2n) is 13.5. The van der Waals surface area contributed by atoms with Gasteiger partial charge in [-0.2, -0.15) is 0 Å². The van der Waals surface area contributed by atoms with Crippen LogP contribution in [0, 0.1) is 23.6 Å². The van der Waals surface area contributed by atoms with Crippen LogP contribution >= 0.6 is 23.2 Å². The molecular formula is C40H31Cl2FN2O6. The monoisotopic (exact) mass is 724 g/mol. The zero-order chi connectivity index (χ0) is 35.7. The minimum absolute atomic E-state index is 0.0736. The average Bonchev–Trinajstić information content (AvgIpc) is 3.46. The van der Waals surface area contributed by atoms with Crippen LogP contribution in [-0.4, -0.2) is 43.4 Å². The standard InChI is InChI=1S/C40H31Cl2FN2O6/c41-39-20-31-28(17-18-30-33(31)36(48)44(35(30)47)21-23-7-3-1-4-8-23)34(29-16-15-27(19-32(29)46)51-22-24-9-5-2-6-10-24)40(39,42)38(50)45(37(39)49)26-13-11-25(43)12-14-26/h1-17,19,30-31,33-34,46H,18,20-22H2. The number of hydrogen-bond acceptors (Lipinski definition) is 6. The molecule has 2 saturated heterocycles. The number of hydrogen-bond donors (Lipinski definition) is 1. The van der Waals surface area contributed by atoms with Crippen LogP contribution < -0.4 is 9.64 Å². The first-order valence-electron chi connectivity index (χ1n) is 16.6. The number of amides is 4. The molecule has 0 bridgehead atoms. The predicted molar refractivity (Wildman–Crippen MR) is 187 cm³/mol. The van der Waals surface area contributed by atoms with Crippen molar-refractivity contribution in [3.63, 3.8) is 0 Å². The van der Waals surface area contributed by atoms with Crippen molar-refractivity contribution in [2.75, 3.05) is 4.90 Å². The van der Waals surface area contributed by atoms with Crippen molar-refractivity contribution >= 4 is 52.5 Å². The van der Waals surface area contributed by atoms with Crippen LogP contribution in [0.2, 0.25) is 0 Å². The molecule has 8 rings (SSSR count). The highest BCUT2D eigenvalue weighted by Crippen LogP contribution is 2.66. The van der Waals surface area contributed by atoms with E-state index in [0.29, 0.717) is 11.3 Å². The Bertz CT molecular complexity index is 2110. The van der Waals surface area contributed by atoms with Gasteiger partial charge in [0.1, 0.15) is 23.9 Å². The highest BCUT2D eigenvalue weighted by Gasteiger charge is 2.76. The van der Waals surface area contributed by atoms with Gasteiger partial charge in [0.05, 0.1) is 24.1 Å². The molecule has 4 aromatic carbocycles. The molecule has 11 heteroatoms. The van der Waals surface area contributed by atoms with E-state index in [9.17, 15) is 28.7 Å². The second kappa shape index (κ2) is 12.4. The first-order chi connectivity index (χ1) is 24.5. The van der Waals surface area contributed by atoms with Crippen molar-refractivity contribution < 1.29 is 33.4 Å². The maximum Gasteiger partial charge on any atom is 0.258 e. The van der Waals surface area contributed by atoms with Gasteiger partial charge in [-0.25, -0.2) is 9.29 Å². The van der Waals surface area contributed by atoms with Gasteiger partial charge in [0.25, 0.3) is 11.8 Å². The highest BCUT2D eigenvalue weighted by atomic mass is 35.5. The fourth-order valence-corrected chi connectivity index (χ4v) is 9.26. The van der Waals surface area contributed by atoms with Crippen molar-refractivity contribution in [1.29, 1.82) is 0 Å². The summed E-state index contributed by atoms with van der Waals surface area (Å²) in [6.45, 7) is 0.322. The molecule has 1 saturated carbocycles. The van der Waals surface area contributed by atoms with Crippen molar-refractivity contribution in [3.8, 4) is 11.5 Å². The molecule has 0 aromatic heterocycles. The average molecular weight is 726 g/mol. The Kier molecular flexibility index (Phi) is 8.03. The van der Waals surface area contributed by atoms with E-state index < -0.39 is 57.0 Å². The predicted octanol–water partition coefficient (Wildman–Crippen LogP) is 6.87. The lowest BCUT2D eigenvalue weighted by Gasteiger charge is -2.50. The summed E-state index contributed by atoms with van der Waals surface area (Å²) in [6.07, 6.45) is 1.78. The summed E-state index contributed by atoms with van der Waals surface area (Å²) in [5.74, 6) is -6.41. The molecular weight excluding hydrogens is 694 g/mol. The van der Waals surface area contributed by atoms with Crippen molar-refractivity contribution in [3.05, 3.63) is 137 Å². The number of carbonyl (C=O) groups excluding carboxylic acids is 4. The third-order valence-corrected chi connectivity index (χ3v) is 12.1. The lowest BCUT2D eigenvalue weighted by molar-refractivity contribution is -0.141. The number of ether oxygens (including phenoxy) is 1. The molecule has 2 aliphatic carbocycles. The summed E-state index contributed by atoms with van der Waals surface area (Å²) >= 11 is 14.9. The number of aromatic hydroxyl groups is 1. The first-order valence-corrected chi connectivity index (χ1v) is 17.4. The number of rotatable bonds is 7. The highest BCUT2D eigenvalue weighted by molar-refractivity contribution is 6.58. The van der Waals surface area contributed by atoms with Gasteiger partial charge in [0, 0.05) is 17.5 Å². The molecule has 4 aromatic rings. The molecule has 258 valence electrons. The van der Waals surface area contributed by atoms with Gasteiger partial charge in [-0.3, -0.25) is 24.1 Å². The number of anilines is 1. The van der Waals surface area contributed by atoms with Crippen LogP contribution in [0.25, 0.3) is 0 Å². The Balaban J connectivity index is 1.22. The largest absolute Gasteiger partial charge is 0.508 e. The quantitative estimate of drug-likeness (QED) is 0.127. The van der Waals surface area contributed by atoms with E-state index in [1.54, 1.807) is 12.1 Å². The van der Waals surface area contributed by atoms with Crippen LogP contribution in [-0.2, 0) is 32.3 Å². The molecule has 2 aliphatic heterocycles. The van der Waals surface area contributed by atoms with Gasteiger partial charge in [-0.15, -0.1) is 23.2 Å². The molecule has 0 radical (unpaired) electrons. The lowest BCUT2D eigenvalue weighted by atomic mass is 9.56. The van der Waals surface area contributed by atoms with Crippen LogP contribution in [0.4, 0.5) is 10.1 Å². The Hall–Kier alpha value is -4.99. The van der Waals surface area contributed by atoms with E-state index in [1.807, 2.05) is 66.7 Å². The van der Waals surface area contributed by atoms with Gasteiger partial charge in [-0.05, 0) is 60.2 Å². The van der Waals surface area contributed by atoms with Gasteiger partial charge in [0.2, 0.25) is 11.8 Å². The maximum atomic E-state index is 14.6. The number of allylic oxidation sites excluding steroid dienone is 2. The number of imide groups is 2. The first kappa shape index (κ1) is 33.2. The number of alkyl halides is 2. The molecule has 2 heterocycles. The molecule has 6 unspecified atom stereocenters. The van der Waals surface area contributed by atoms with Crippen molar-refractivity contribution in [2.45, 2.75) is 41.7 Å². The van der Waals surface area contributed by atoms with E-state index in [-0.39, 0.29) is 48.9 Å². The molecule has 0 spiro atoms. The van der Waals surface area contributed by atoms with Crippen LogP contribution in [0.3, 0.4) is 0 Å². The summed E-state index contributed by atoms with van der Waals surface area (Å²) in [7, 11) is 0. The number of nitrogens with zero attached hydrogens (tertiary/aromatic N) is 2. The molecule has 8 nitrogen and oxygen atoms in total. The van der Waals surface area contributed by atoms with Gasteiger partial charge < -0.3 is 9.84 Å². The minimum Gasteiger partial charge on any atom is -0.508 e. The number of benzene rings is 4. The van der Waals surface area contributed by atoms with E-state index in [0.717, 1.165) is 28.2 Å². The molecule has 1 N–H and O–H groups in total. The smallest absolute Gasteiger partial charge is 0.258 e. The van der Waals surface area contributed by atoms with Crippen molar-refractivity contribution in [1.82, 2.24) is 4.90 Å². The van der Waals surface area contributed by atoms with Crippen LogP contribution in [0.15, 0.2) is 115 Å². The zero-order valence-corrected chi connectivity index (χ0v) is 28.6. The third kappa shape index (κ3) is 5.08. The number of halogens is 3. The lowest BCUT2D eigenvalue weighted by Crippen LogP contribution is -2.60. The fourth-order valence-electron chi connectivity index (χ4n) is 8.33. The fraction of sp³-hybridized carbons (Fsp3) is 0.250. The maximum absolute atomic E-state index is 14.6. The molecule has 4 aliphatic rings. The number of fused-ring (bicyclic) bond motifs is 4.